The SMILES string of the molecule is CCC(N)c1ccc(COC(C)=O)o1. The van der Waals surface area contributed by atoms with Crippen molar-refractivity contribution in [1.82, 2.24) is 0 Å². The first-order chi connectivity index (χ1) is 6.63. The van der Waals surface area contributed by atoms with Gasteiger partial charge in [-0.3, -0.25) is 4.79 Å². The highest BCUT2D eigenvalue weighted by Crippen LogP contribution is 2.17. The van der Waals surface area contributed by atoms with Gasteiger partial charge >= 0.3 is 5.97 Å². The van der Waals surface area contributed by atoms with Gasteiger partial charge in [0.2, 0.25) is 0 Å². The molecule has 0 aliphatic carbocycles. The van der Waals surface area contributed by atoms with E-state index in [1.807, 2.05) is 13.0 Å². The summed E-state index contributed by atoms with van der Waals surface area (Å²) in [6, 6.07) is 3.50. The normalized spacial score (nSPS) is 12.5. The maximum Gasteiger partial charge on any atom is 0.303 e. The van der Waals surface area contributed by atoms with Gasteiger partial charge in [-0.1, -0.05) is 6.92 Å². The molecule has 14 heavy (non-hydrogen) atoms. The topological polar surface area (TPSA) is 65.5 Å². The highest BCUT2D eigenvalue weighted by Gasteiger charge is 2.09. The van der Waals surface area contributed by atoms with Crippen molar-refractivity contribution in [2.75, 3.05) is 0 Å². The smallest absolute Gasteiger partial charge is 0.303 e. The van der Waals surface area contributed by atoms with E-state index >= 15 is 0 Å². The van der Waals surface area contributed by atoms with Crippen LogP contribution in [0.4, 0.5) is 0 Å². The number of carbonyl (C=O) groups is 1. The van der Waals surface area contributed by atoms with Crippen molar-refractivity contribution in [1.29, 1.82) is 0 Å². The minimum absolute atomic E-state index is 0.0823. The Kier molecular flexibility index (Phi) is 3.71. The predicted octanol–water partition coefficient (Wildman–Crippen LogP) is 1.75. The fourth-order valence-corrected chi connectivity index (χ4v) is 1.05. The van der Waals surface area contributed by atoms with Crippen LogP contribution in [-0.2, 0) is 16.1 Å². The van der Waals surface area contributed by atoms with E-state index in [1.165, 1.54) is 6.92 Å². The minimum Gasteiger partial charge on any atom is -0.461 e. The van der Waals surface area contributed by atoms with Crippen LogP contribution in [0.2, 0.25) is 0 Å². The van der Waals surface area contributed by atoms with Crippen LogP contribution in [0, 0.1) is 0 Å². The molecule has 1 heterocycles. The summed E-state index contributed by atoms with van der Waals surface area (Å²) in [5, 5.41) is 0. The second-order valence-electron chi connectivity index (χ2n) is 3.10. The average molecular weight is 197 g/mol. The molecule has 78 valence electrons. The zero-order valence-corrected chi connectivity index (χ0v) is 8.45. The van der Waals surface area contributed by atoms with Crippen LogP contribution in [0.15, 0.2) is 16.5 Å². The molecular weight excluding hydrogens is 182 g/mol. The summed E-state index contributed by atoms with van der Waals surface area (Å²) in [6.07, 6.45) is 0.820. The Bertz CT molecular complexity index is 306. The lowest BCUT2D eigenvalue weighted by molar-refractivity contribution is -0.142. The second kappa shape index (κ2) is 4.81. The zero-order valence-electron chi connectivity index (χ0n) is 8.45. The summed E-state index contributed by atoms with van der Waals surface area (Å²) < 4.78 is 10.2. The van der Waals surface area contributed by atoms with Crippen LogP contribution in [-0.4, -0.2) is 5.97 Å². The summed E-state index contributed by atoms with van der Waals surface area (Å²) in [4.78, 5) is 10.5. The minimum atomic E-state index is -0.317. The monoisotopic (exact) mass is 197 g/mol. The summed E-state index contributed by atoms with van der Waals surface area (Å²) in [6.45, 7) is 3.52. The molecule has 0 saturated heterocycles. The quantitative estimate of drug-likeness (QED) is 0.747. The molecule has 0 saturated carbocycles. The molecule has 0 aromatic carbocycles. The Morgan fingerprint density at radius 2 is 2.36 bits per heavy atom. The van der Waals surface area contributed by atoms with E-state index in [-0.39, 0.29) is 18.6 Å². The van der Waals surface area contributed by atoms with Crippen molar-refractivity contribution in [3.05, 3.63) is 23.7 Å². The summed E-state index contributed by atoms with van der Waals surface area (Å²) in [7, 11) is 0. The Labute approximate surface area is 83.0 Å². The molecule has 1 aromatic heterocycles. The van der Waals surface area contributed by atoms with Crippen LogP contribution >= 0.6 is 0 Å². The Morgan fingerprint density at radius 1 is 1.64 bits per heavy atom. The van der Waals surface area contributed by atoms with Gasteiger partial charge in [-0.15, -0.1) is 0 Å². The number of rotatable bonds is 4. The molecule has 2 N–H and O–H groups in total. The molecule has 1 unspecified atom stereocenters. The molecular formula is C10H15NO3. The molecule has 0 aliphatic heterocycles. The standard InChI is InChI=1S/C10H15NO3/c1-3-9(11)10-5-4-8(14-10)6-13-7(2)12/h4-5,9H,3,6,11H2,1-2H3. The molecule has 4 heteroatoms. The first-order valence-electron chi connectivity index (χ1n) is 4.61. The van der Waals surface area contributed by atoms with Gasteiger partial charge in [0.1, 0.15) is 18.1 Å². The van der Waals surface area contributed by atoms with Gasteiger partial charge in [-0.25, -0.2) is 0 Å². The van der Waals surface area contributed by atoms with Gasteiger partial charge in [-0.05, 0) is 18.6 Å². The summed E-state index contributed by atoms with van der Waals surface area (Å²) in [5.74, 6) is 1.04. The molecule has 0 radical (unpaired) electrons. The molecule has 0 bridgehead atoms. The second-order valence-corrected chi connectivity index (χ2v) is 3.10. The van der Waals surface area contributed by atoms with Crippen LogP contribution in [0.25, 0.3) is 0 Å². The summed E-state index contributed by atoms with van der Waals surface area (Å²) >= 11 is 0. The van der Waals surface area contributed by atoms with Gasteiger partial charge < -0.3 is 14.9 Å². The fourth-order valence-electron chi connectivity index (χ4n) is 1.05. The maximum absolute atomic E-state index is 10.5. The van der Waals surface area contributed by atoms with E-state index in [0.29, 0.717) is 5.76 Å². The van der Waals surface area contributed by atoms with Crippen molar-refractivity contribution < 1.29 is 13.9 Å². The van der Waals surface area contributed by atoms with Gasteiger partial charge in [0.05, 0.1) is 6.04 Å². The third-order valence-electron chi connectivity index (χ3n) is 1.91. The molecule has 0 amide bonds. The van der Waals surface area contributed by atoms with E-state index in [1.54, 1.807) is 6.07 Å². The number of hydrogen-bond donors (Lipinski definition) is 1. The van der Waals surface area contributed by atoms with E-state index < -0.39 is 0 Å². The van der Waals surface area contributed by atoms with E-state index in [0.717, 1.165) is 12.2 Å². The first kappa shape index (κ1) is 10.8. The van der Waals surface area contributed by atoms with Crippen molar-refractivity contribution in [2.24, 2.45) is 5.73 Å². The van der Waals surface area contributed by atoms with Gasteiger partial charge in [0, 0.05) is 6.92 Å². The molecule has 1 aromatic rings. The van der Waals surface area contributed by atoms with Gasteiger partial charge in [0.25, 0.3) is 0 Å². The lowest BCUT2D eigenvalue weighted by Gasteiger charge is -2.03. The van der Waals surface area contributed by atoms with Gasteiger partial charge in [-0.2, -0.15) is 0 Å². The van der Waals surface area contributed by atoms with E-state index in [2.05, 4.69) is 0 Å². The Balaban J connectivity index is 2.54. The van der Waals surface area contributed by atoms with Crippen molar-refractivity contribution in [3.8, 4) is 0 Å². The number of ether oxygens (including phenoxy) is 1. The van der Waals surface area contributed by atoms with Crippen molar-refractivity contribution in [3.63, 3.8) is 0 Å². The number of esters is 1. The molecule has 0 fully saturated rings. The van der Waals surface area contributed by atoms with E-state index in [9.17, 15) is 4.79 Å². The highest BCUT2D eigenvalue weighted by molar-refractivity contribution is 5.65. The zero-order chi connectivity index (χ0) is 10.6. The number of carbonyl (C=O) groups excluding carboxylic acids is 1. The van der Waals surface area contributed by atoms with Gasteiger partial charge in [0.15, 0.2) is 0 Å². The highest BCUT2D eigenvalue weighted by atomic mass is 16.5. The molecule has 0 aliphatic rings. The number of furan rings is 1. The van der Waals surface area contributed by atoms with Crippen molar-refractivity contribution >= 4 is 5.97 Å². The molecule has 0 spiro atoms. The van der Waals surface area contributed by atoms with Crippen molar-refractivity contribution in [2.45, 2.75) is 32.9 Å². The van der Waals surface area contributed by atoms with Crippen LogP contribution < -0.4 is 5.73 Å². The Morgan fingerprint density at radius 3 is 2.93 bits per heavy atom. The lowest BCUT2D eigenvalue weighted by atomic mass is 10.2. The predicted molar refractivity (Wildman–Crippen MR) is 51.4 cm³/mol. The van der Waals surface area contributed by atoms with Crippen LogP contribution in [0.1, 0.15) is 37.8 Å². The third-order valence-corrected chi connectivity index (χ3v) is 1.91. The molecule has 1 atom stereocenters. The molecule has 1 rings (SSSR count). The number of nitrogens with two attached hydrogens (primary N) is 1. The summed E-state index contributed by atoms with van der Waals surface area (Å²) in [5.41, 5.74) is 5.76. The van der Waals surface area contributed by atoms with E-state index in [4.69, 9.17) is 14.9 Å². The largest absolute Gasteiger partial charge is 0.461 e. The Hall–Kier alpha value is -1.29. The average Bonchev–Trinajstić information content (AvgIpc) is 2.62. The third kappa shape index (κ3) is 2.88. The molecule has 4 nitrogen and oxygen atoms in total. The number of hydrogen-bond acceptors (Lipinski definition) is 4. The van der Waals surface area contributed by atoms with Crippen LogP contribution in [0.5, 0.6) is 0 Å². The lowest BCUT2D eigenvalue weighted by Crippen LogP contribution is -2.07. The van der Waals surface area contributed by atoms with Crippen LogP contribution in [0.3, 0.4) is 0 Å². The first-order valence-corrected chi connectivity index (χ1v) is 4.61. The maximum atomic E-state index is 10.5. The fraction of sp³-hybridized carbons (Fsp3) is 0.500.